The maximum absolute atomic E-state index is 12.9. The van der Waals surface area contributed by atoms with Gasteiger partial charge in [0.15, 0.2) is 0 Å². The highest BCUT2D eigenvalue weighted by Crippen LogP contribution is 2.30. The van der Waals surface area contributed by atoms with Crippen LogP contribution in [0.15, 0.2) is 18.2 Å². The molecule has 1 aliphatic rings. The lowest BCUT2D eigenvalue weighted by molar-refractivity contribution is -0.384. The number of nitrogens with zero attached hydrogens (tertiary/aromatic N) is 2. The number of nitro benzene ring substituents is 1. The zero-order valence-electron chi connectivity index (χ0n) is 9.01. The van der Waals surface area contributed by atoms with Gasteiger partial charge in [0.25, 0.3) is 5.69 Å². The second-order valence-electron chi connectivity index (χ2n) is 3.88. The second-order valence-corrected chi connectivity index (χ2v) is 3.88. The molecule has 5 nitrogen and oxygen atoms in total. The minimum atomic E-state index is -0.598. The zero-order valence-corrected chi connectivity index (χ0v) is 9.82. The van der Waals surface area contributed by atoms with E-state index in [4.69, 9.17) is 5.73 Å². The maximum Gasteiger partial charge on any atom is 0.295 e. The van der Waals surface area contributed by atoms with Crippen LogP contribution in [0, 0.1) is 15.9 Å². The van der Waals surface area contributed by atoms with Crippen LogP contribution in [0.2, 0.25) is 0 Å². The summed E-state index contributed by atoms with van der Waals surface area (Å²) in [4.78, 5) is 12.0. The molecule has 0 saturated carbocycles. The van der Waals surface area contributed by atoms with Gasteiger partial charge in [0.2, 0.25) is 0 Å². The van der Waals surface area contributed by atoms with Crippen LogP contribution in [-0.4, -0.2) is 24.1 Å². The van der Waals surface area contributed by atoms with Gasteiger partial charge in [0.1, 0.15) is 11.5 Å². The number of anilines is 1. The van der Waals surface area contributed by atoms with E-state index in [2.05, 4.69) is 0 Å². The molecule has 0 spiro atoms. The number of nitro groups is 1. The van der Waals surface area contributed by atoms with Crippen molar-refractivity contribution in [1.29, 1.82) is 0 Å². The summed E-state index contributed by atoms with van der Waals surface area (Å²) >= 11 is 0. The van der Waals surface area contributed by atoms with Gasteiger partial charge in [-0.1, -0.05) is 0 Å². The molecule has 1 unspecified atom stereocenters. The van der Waals surface area contributed by atoms with Gasteiger partial charge in [-0.3, -0.25) is 10.1 Å². The van der Waals surface area contributed by atoms with Crippen molar-refractivity contribution in [1.82, 2.24) is 0 Å². The molecule has 1 fully saturated rings. The lowest BCUT2D eigenvalue weighted by atomic mass is 10.2. The average molecular weight is 262 g/mol. The van der Waals surface area contributed by atoms with E-state index in [1.54, 1.807) is 0 Å². The van der Waals surface area contributed by atoms with Crippen LogP contribution in [0.3, 0.4) is 0 Å². The van der Waals surface area contributed by atoms with Crippen molar-refractivity contribution in [2.45, 2.75) is 12.5 Å². The maximum atomic E-state index is 12.9. The van der Waals surface area contributed by atoms with Crippen LogP contribution in [0.4, 0.5) is 15.8 Å². The SMILES string of the molecule is Cl.NC1CCN(c2ccc(F)cc2[N+](=O)[O-])C1. The fraction of sp³-hybridized carbons (Fsp3) is 0.400. The highest BCUT2D eigenvalue weighted by molar-refractivity contribution is 5.85. The Hall–Kier alpha value is -1.40. The van der Waals surface area contributed by atoms with E-state index in [1.807, 2.05) is 4.90 Å². The van der Waals surface area contributed by atoms with Crippen molar-refractivity contribution in [3.8, 4) is 0 Å². The Balaban J connectivity index is 0.00000144. The summed E-state index contributed by atoms with van der Waals surface area (Å²) in [6.07, 6.45) is 0.800. The number of rotatable bonds is 2. The van der Waals surface area contributed by atoms with Crippen LogP contribution < -0.4 is 10.6 Å². The number of nitrogens with two attached hydrogens (primary N) is 1. The zero-order chi connectivity index (χ0) is 11.7. The first-order chi connectivity index (χ1) is 7.58. The van der Waals surface area contributed by atoms with E-state index in [0.29, 0.717) is 18.8 Å². The summed E-state index contributed by atoms with van der Waals surface area (Å²) in [6.45, 7) is 1.25. The molecule has 1 saturated heterocycles. The van der Waals surface area contributed by atoms with Gasteiger partial charge >= 0.3 is 0 Å². The second kappa shape index (κ2) is 5.29. The molecule has 2 N–H and O–H groups in total. The van der Waals surface area contributed by atoms with Crippen LogP contribution in [0.5, 0.6) is 0 Å². The molecule has 0 amide bonds. The Morgan fingerprint density at radius 2 is 2.24 bits per heavy atom. The number of hydrogen-bond acceptors (Lipinski definition) is 4. The van der Waals surface area contributed by atoms with E-state index >= 15 is 0 Å². The molecule has 2 rings (SSSR count). The minimum Gasteiger partial charge on any atom is -0.364 e. The van der Waals surface area contributed by atoms with Gasteiger partial charge in [-0.05, 0) is 18.6 Å². The van der Waals surface area contributed by atoms with Crippen molar-refractivity contribution in [3.63, 3.8) is 0 Å². The monoisotopic (exact) mass is 261 g/mol. The molecule has 0 radical (unpaired) electrons. The molecule has 0 bridgehead atoms. The smallest absolute Gasteiger partial charge is 0.295 e. The van der Waals surface area contributed by atoms with Gasteiger partial charge < -0.3 is 10.6 Å². The third-order valence-corrected chi connectivity index (χ3v) is 2.70. The first-order valence-corrected chi connectivity index (χ1v) is 5.02. The van der Waals surface area contributed by atoms with E-state index in [1.165, 1.54) is 12.1 Å². The lowest BCUT2D eigenvalue weighted by Crippen LogP contribution is -2.26. The molecule has 0 aromatic heterocycles. The molecule has 1 heterocycles. The Labute approximate surface area is 104 Å². The van der Waals surface area contributed by atoms with Crippen molar-refractivity contribution in [3.05, 3.63) is 34.1 Å². The third kappa shape index (κ3) is 2.83. The van der Waals surface area contributed by atoms with Crippen LogP contribution in [0.25, 0.3) is 0 Å². The summed E-state index contributed by atoms with van der Waals surface area (Å²) in [5, 5.41) is 10.8. The third-order valence-electron chi connectivity index (χ3n) is 2.70. The largest absolute Gasteiger partial charge is 0.364 e. The fourth-order valence-corrected chi connectivity index (χ4v) is 1.92. The summed E-state index contributed by atoms with van der Waals surface area (Å²) in [5.74, 6) is -0.598. The quantitative estimate of drug-likeness (QED) is 0.650. The molecule has 94 valence electrons. The van der Waals surface area contributed by atoms with E-state index in [9.17, 15) is 14.5 Å². The average Bonchev–Trinajstić information content (AvgIpc) is 2.64. The molecule has 7 heteroatoms. The summed E-state index contributed by atoms with van der Waals surface area (Å²) in [6, 6.07) is 3.64. The Bertz CT molecular complexity index is 430. The molecule has 1 aliphatic heterocycles. The Morgan fingerprint density at radius 3 is 2.76 bits per heavy atom. The van der Waals surface area contributed by atoms with Gasteiger partial charge in [-0.25, -0.2) is 4.39 Å². The molecule has 0 aliphatic carbocycles. The van der Waals surface area contributed by atoms with E-state index < -0.39 is 10.7 Å². The molecule has 1 aromatic rings. The first-order valence-electron chi connectivity index (χ1n) is 5.02. The van der Waals surface area contributed by atoms with Crippen molar-refractivity contribution in [2.75, 3.05) is 18.0 Å². The van der Waals surface area contributed by atoms with Gasteiger partial charge in [-0.15, -0.1) is 12.4 Å². The Morgan fingerprint density at radius 1 is 1.53 bits per heavy atom. The topological polar surface area (TPSA) is 72.4 Å². The normalized spacial score (nSPS) is 18.9. The number of halogens is 2. The standard InChI is InChI=1S/C10H12FN3O2.ClH/c11-7-1-2-9(10(5-7)14(15)16)13-4-3-8(12)6-13;/h1-2,5,8H,3-4,6,12H2;1H. The van der Waals surface area contributed by atoms with Crippen LogP contribution in [-0.2, 0) is 0 Å². The van der Waals surface area contributed by atoms with Gasteiger partial charge in [-0.2, -0.15) is 0 Å². The van der Waals surface area contributed by atoms with Crippen molar-refractivity contribution >= 4 is 23.8 Å². The summed E-state index contributed by atoms with van der Waals surface area (Å²) in [5.41, 5.74) is 5.98. The van der Waals surface area contributed by atoms with Crippen LogP contribution >= 0.6 is 12.4 Å². The molecule has 1 aromatic carbocycles. The highest BCUT2D eigenvalue weighted by Gasteiger charge is 2.25. The molecule has 17 heavy (non-hydrogen) atoms. The highest BCUT2D eigenvalue weighted by atomic mass is 35.5. The van der Waals surface area contributed by atoms with Gasteiger partial charge in [0.05, 0.1) is 11.0 Å². The minimum absolute atomic E-state index is 0. The van der Waals surface area contributed by atoms with E-state index in [0.717, 1.165) is 12.5 Å². The predicted molar refractivity (Wildman–Crippen MR) is 65.1 cm³/mol. The van der Waals surface area contributed by atoms with Crippen molar-refractivity contribution in [2.24, 2.45) is 5.73 Å². The lowest BCUT2D eigenvalue weighted by Gasteiger charge is -2.17. The molecule has 1 atom stereocenters. The summed E-state index contributed by atoms with van der Waals surface area (Å²) < 4.78 is 12.9. The Kier molecular flexibility index (Phi) is 4.25. The number of benzene rings is 1. The number of hydrogen-bond donors (Lipinski definition) is 1. The molecular formula is C10H13ClFN3O2. The predicted octanol–water partition coefficient (Wildman–Crippen LogP) is 1.69. The van der Waals surface area contributed by atoms with Gasteiger partial charge in [0, 0.05) is 19.1 Å². The van der Waals surface area contributed by atoms with Crippen LogP contribution in [0.1, 0.15) is 6.42 Å². The summed E-state index contributed by atoms with van der Waals surface area (Å²) in [7, 11) is 0. The fourth-order valence-electron chi connectivity index (χ4n) is 1.92. The van der Waals surface area contributed by atoms with Crippen molar-refractivity contribution < 1.29 is 9.31 Å². The van der Waals surface area contributed by atoms with E-state index in [-0.39, 0.29) is 24.1 Å². The molecular weight excluding hydrogens is 249 g/mol. The first kappa shape index (κ1) is 13.7.